The normalized spacial score (nSPS) is 19.6. The Kier molecular flexibility index (Phi) is 4.16. The summed E-state index contributed by atoms with van der Waals surface area (Å²) < 4.78 is 27.1. The highest BCUT2D eigenvalue weighted by molar-refractivity contribution is 6.09. The molecule has 3 nitrogen and oxygen atoms in total. The molecule has 0 radical (unpaired) electrons. The number of piperidine rings is 1. The molecule has 1 aromatic carbocycles. The molecule has 0 saturated carbocycles. The highest BCUT2D eigenvalue weighted by atomic mass is 19.2. The third kappa shape index (κ3) is 2.57. The van der Waals surface area contributed by atoms with Crippen LogP contribution in [0.1, 0.15) is 26.7 Å². The molecule has 0 unspecified atom stereocenters. The number of amides is 1. The van der Waals surface area contributed by atoms with Crippen LogP contribution in [0.25, 0.3) is 0 Å². The van der Waals surface area contributed by atoms with E-state index in [2.05, 4.69) is 0 Å². The fraction of sp³-hybridized carbons (Fsp3) is 0.467. The summed E-state index contributed by atoms with van der Waals surface area (Å²) in [5.41, 5.74) is -0.0868. The molecule has 0 aromatic heterocycles. The number of anilines is 1. The van der Waals surface area contributed by atoms with E-state index in [1.165, 1.54) is 17.0 Å². The van der Waals surface area contributed by atoms with E-state index in [0.717, 1.165) is 6.07 Å². The maximum atomic E-state index is 13.8. The Morgan fingerprint density at radius 3 is 2.70 bits per heavy atom. The number of benzene rings is 1. The molecule has 1 aliphatic rings. The highest BCUT2D eigenvalue weighted by Crippen LogP contribution is 2.29. The van der Waals surface area contributed by atoms with Gasteiger partial charge in [0.05, 0.1) is 11.6 Å². The Bertz CT molecular complexity index is 543. The Labute approximate surface area is 116 Å². The van der Waals surface area contributed by atoms with E-state index in [1.807, 2.05) is 0 Å². The van der Waals surface area contributed by atoms with Crippen molar-refractivity contribution in [1.82, 2.24) is 0 Å². The number of halogens is 2. The molecule has 2 rings (SSSR count). The molecule has 1 amide bonds. The van der Waals surface area contributed by atoms with Crippen molar-refractivity contribution in [2.24, 2.45) is 11.8 Å². The van der Waals surface area contributed by atoms with Crippen LogP contribution in [-0.4, -0.2) is 18.2 Å². The standard InChI is InChI=1S/C15H17F2NO2/c1-9(2)14(19)10-5-4-8-18(15(10)20)12-7-3-6-11(16)13(12)17/h3,6-7,9-10H,4-5,8H2,1-2H3/t10-/m0/s1. The van der Waals surface area contributed by atoms with Crippen molar-refractivity contribution in [3.63, 3.8) is 0 Å². The minimum absolute atomic E-state index is 0.0868. The van der Waals surface area contributed by atoms with Gasteiger partial charge in [-0.05, 0) is 25.0 Å². The topological polar surface area (TPSA) is 37.4 Å². The van der Waals surface area contributed by atoms with Crippen LogP contribution < -0.4 is 4.90 Å². The Morgan fingerprint density at radius 2 is 2.05 bits per heavy atom. The van der Waals surface area contributed by atoms with E-state index in [9.17, 15) is 18.4 Å². The molecule has 0 aliphatic carbocycles. The molecule has 20 heavy (non-hydrogen) atoms. The van der Waals surface area contributed by atoms with E-state index < -0.39 is 23.5 Å². The van der Waals surface area contributed by atoms with E-state index >= 15 is 0 Å². The third-order valence-corrected chi connectivity index (χ3v) is 3.57. The van der Waals surface area contributed by atoms with Gasteiger partial charge in [0.15, 0.2) is 11.6 Å². The van der Waals surface area contributed by atoms with Gasteiger partial charge in [0.25, 0.3) is 0 Å². The molecule has 1 saturated heterocycles. The molecule has 1 atom stereocenters. The second kappa shape index (κ2) is 5.69. The minimum atomic E-state index is -1.04. The summed E-state index contributed by atoms with van der Waals surface area (Å²) >= 11 is 0. The second-order valence-electron chi connectivity index (χ2n) is 5.31. The quantitative estimate of drug-likeness (QED) is 0.799. The van der Waals surface area contributed by atoms with Crippen molar-refractivity contribution in [3.05, 3.63) is 29.8 Å². The highest BCUT2D eigenvalue weighted by Gasteiger charge is 2.36. The molecule has 1 aliphatic heterocycles. The number of ketones is 1. The van der Waals surface area contributed by atoms with Crippen LogP contribution in [0.5, 0.6) is 0 Å². The lowest BCUT2D eigenvalue weighted by Crippen LogP contribution is -2.45. The third-order valence-electron chi connectivity index (χ3n) is 3.57. The molecule has 0 N–H and O–H groups in total. The lowest BCUT2D eigenvalue weighted by Gasteiger charge is -2.32. The van der Waals surface area contributed by atoms with Crippen LogP contribution in [0.15, 0.2) is 18.2 Å². The van der Waals surface area contributed by atoms with E-state index in [0.29, 0.717) is 19.4 Å². The average Bonchev–Trinajstić information content (AvgIpc) is 2.42. The lowest BCUT2D eigenvalue weighted by molar-refractivity contribution is -0.135. The van der Waals surface area contributed by atoms with Crippen LogP contribution in [0.2, 0.25) is 0 Å². The summed E-state index contributed by atoms with van der Waals surface area (Å²) in [6.07, 6.45) is 1.08. The van der Waals surface area contributed by atoms with Crippen molar-refractivity contribution < 1.29 is 18.4 Å². The van der Waals surface area contributed by atoms with Crippen LogP contribution >= 0.6 is 0 Å². The van der Waals surface area contributed by atoms with E-state index in [-0.39, 0.29) is 17.4 Å². The maximum Gasteiger partial charge on any atom is 0.237 e. The van der Waals surface area contributed by atoms with Crippen molar-refractivity contribution in [1.29, 1.82) is 0 Å². The van der Waals surface area contributed by atoms with Crippen LogP contribution in [0.4, 0.5) is 14.5 Å². The zero-order valence-corrected chi connectivity index (χ0v) is 11.5. The fourth-order valence-corrected chi connectivity index (χ4v) is 2.48. The summed E-state index contributed by atoms with van der Waals surface area (Å²) in [5.74, 6) is -3.60. The molecule has 5 heteroatoms. The number of Topliss-reactive ketones (excluding diaryl/α,β-unsaturated/α-hetero) is 1. The molecule has 108 valence electrons. The average molecular weight is 281 g/mol. The summed E-state index contributed by atoms with van der Waals surface area (Å²) in [7, 11) is 0. The summed E-state index contributed by atoms with van der Waals surface area (Å²) in [6.45, 7) is 3.77. The van der Waals surface area contributed by atoms with Crippen molar-refractivity contribution in [3.8, 4) is 0 Å². The van der Waals surface area contributed by atoms with Gasteiger partial charge >= 0.3 is 0 Å². The Morgan fingerprint density at radius 1 is 1.35 bits per heavy atom. The number of hydrogen-bond acceptors (Lipinski definition) is 2. The van der Waals surface area contributed by atoms with Crippen molar-refractivity contribution >= 4 is 17.4 Å². The molecule has 1 fully saturated rings. The Hall–Kier alpha value is -1.78. The minimum Gasteiger partial charge on any atom is -0.309 e. The molecular weight excluding hydrogens is 264 g/mol. The smallest absolute Gasteiger partial charge is 0.237 e. The number of rotatable bonds is 3. The monoisotopic (exact) mass is 281 g/mol. The maximum absolute atomic E-state index is 13.8. The Balaban J connectivity index is 2.31. The molecule has 0 spiro atoms. The van der Waals surface area contributed by atoms with Gasteiger partial charge in [-0.15, -0.1) is 0 Å². The first-order valence-corrected chi connectivity index (χ1v) is 6.72. The number of carbonyl (C=O) groups excluding carboxylic acids is 2. The van der Waals surface area contributed by atoms with Gasteiger partial charge in [0, 0.05) is 12.5 Å². The zero-order valence-electron chi connectivity index (χ0n) is 11.5. The molecule has 0 bridgehead atoms. The molecule has 1 aromatic rings. The number of hydrogen-bond donors (Lipinski definition) is 0. The van der Waals surface area contributed by atoms with Gasteiger partial charge in [-0.1, -0.05) is 19.9 Å². The van der Waals surface area contributed by atoms with Gasteiger partial charge in [0.2, 0.25) is 5.91 Å². The number of nitrogens with zero attached hydrogens (tertiary/aromatic N) is 1. The van der Waals surface area contributed by atoms with Crippen molar-refractivity contribution in [2.75, 3.05) is 11.4 Å². The number of carbonyl (C=O) groups is 2. The predicted molar refractivity (Wildman–Crippen MR) is 71.3 cm³/mol. The molecular formula is C15H17F2NO2. The lowest BCUT2D eigenvalue weighted by atomic mass is 9.87. The van der Waals surface area contributed by atoms with E-state index in [4.69, 9.17) is 0 Å². The van der Waals surface area contributed by atoms with Gasteiger partial charge in [-0.3, -0.25) is 9.59 Å². The van der Waals surface area contributed by atoms with E-state index in [1.54, 1.807) is 13.8 Å². The first-order chi connectivity index (χ1) is 9.43. The SMILES string of the molecule is CC(C)C(=O)[C@@H]1CCCN(c2cccc(F)c2F)C1=O. The predicted octanol–water partition coefficient (Wildman–Crippen LogP) is 2.93. The van der Waals surface area contributed by atoms with Gasteiger partial charge in [0.1, 0.15) is 5.78 Å². The summed E-state index contributed by atoms with van der Waals surface area (Å²) in [5, 5.41) is 0. The molecule has 1 heterocycles. The van der Waals surface area contributed by atoms with Crippen LogP contribution in [-0.2, 0) is 9.59 Å². The van der Waals surface area contributed by atoms with Crippen molar-refractivity contribution in [2.45, 2.75) is 26.7 Å². The second-order valence-corrected chi connectivity index (χ2v) is 5.31. The summed E-state index contributed by atoms with van der Waals surface area (Å²) in [6, 6.07) is 3.72. The fourth-order valence-electron chi connectivity index (χ4n) is 2.48. The first-order valence-electron chi connectivity index (χ1n) is 6.72. The van der Waals surface area contributed by atoms with Crippen LogP contribution in [0.3, 0.4) is 0 Å². The largest absolute Gasteiger partial charge is 0.309 e. The summed E-state index contributed by atoms with van der Waals surface area (Å²) in [4.78, 5) is 25.6. The van der Waals surface area contributed by atoms with Gasteiger partial charge < -0.3 is 4.90 Å². The first kappa shape index (κ1) is 14.6. The van der Waals surface area contributed by atoms with Gasteiger partial charge in [-0.25, -0.2) is 8.78 Å². The van der Waals surface area contributed by atoms with Gasteiger partial charge in [-0.2, -0.15) is 0 Å². The zero-order chi connectivity index (χ0) is 14.9. The van der Waals surface area contributed by atoms with Crippen LogP contribution in [0, 0.1) is 23.5 Å².